The molecule has 23 heavy (non-hydrogen) atoms. The molecule has 6 nitrogen and oxygen atoms in total. The van der Waals surface area contributed by atoms with Crippen LogP contribution in [0.3, 0.4) is 0 Å². The Balaban J connectivity index is 1.65. The summed E-state index contributed by atoms with van der Waals surface area (Å²) in [5.74, 6) is -0.0922. The molecule has 2 saturated heterocycles. The predicted octanol–water partition coefficient (Wildman–Crippen LogP) is 1.36. The second kappa shape index (κ2) is 7.14. The van der Waals surface area contributed by atoms with E-state index in [0.29, 0.717) is 5.56 Å². The number of piperidine rings is 1. The topological polar surface area (TPSA) is 78.5 Å². The van der Waals surface area contributed by atoms with Gasteiger partial charge in [0.05, 0.1) is 12.3 Å². The van der Waals surface area contributed by atoms with Gasteiger partial charge in [-0.15, -0.1) is 0 Å². The first-order valence-corrected chi connectivity index (χ1v) is 8.69. The maximum atomic E-state index is 12.3. The van der Waals surface area contributed by atoms with Crippen molar-refractivity contribution in [3.05, 3.63) is 35.4 Å². The fourth-order valence-corrected chi connectivity index (χ4v) is 3.50. The smallest absolute Gasteiger partial charge is 0.289 e. The molecule has 2 aliphatic heterocycles. The second-order valence-electron chi connectivity index (χ2n) is 5.75. The van der Waals surface area contributed by atoms with E-state index in [1.807, 2.05) is 6.07 Å². The van der Waals surface area contributed by atoms with E-state index < -0.39 is 0 Å². The molecule has 0 unspecified atom stereocenters. The number of imide groups is 1. The molecule has 7 heteroatoms. The molecule has 0 aromatic heterocycles. The number of hydrogen-bond acceptors (Lipinski definition) is 5. The van der Waals surface area contributed by atoms with Crippen LogP contribution in [0.5, 0.6) is 0 Å². The van der Waals surface area contributed by atoms with Crippen molar-refractivity contribution in [2.75, 3.05) is 18.8 Å². The van der Waals surface area contributed by atoms with Crippen molar-refractivity contribution < 1.29 is 14.4 Å². The summed E-state index contributed by atoms with van der Waals surface area (Å²) in [6.45, 7) is 2.01. The Morgan fingerprint density at radius 2 is 2.26 bits per heavy atom. The lowest BCUT2D eigenvalue weighted by molar-refractivity contribution is -0.125. The number of amides is 3. The minimum Gasteiger partial charge on any atom is -0.348 e. The first kappa shape index (κ1) is 16.0. The summed E-state index contributed by atoms with van der Waals surface area (Å²) in [7, 11) is 0. The maximum absolute atomic E-state index is 12.3. The average Bonchev–Trinajstić information content (AvgIpc) is 2.88. The SMILES string of the molecule is O=C(N[C@H]1CCCNC1)c1cccc(CN2C(=O)CSC2=O)c1. The van der Waals surface area contributed by atoms with Crippen LogP contribution < -0.4 is 10.6 Å². The van der Waals surface area contributed by atoms with Gasteiger partial charge in [0.25, 0.3) is 11.1 Å². The number of thioether (sulfide) groups is 1. The van der Waals surface area contributed by atoms with Crippen molar-refractivity contribution in [1.29, 1.82) is 0 Å². The van der Waals surface area contributed by atoms with Gasteiger partial charge in [0, 0.05) is 18.2 Å². The summed E-state index contributed by atoms with van der Waals surface area (Å²) >= 11 is 1.02. The monoisotopic (exact) mass is 333 g/mol. The largest absolute Gasteiger partial charge is 0.348 e. The molecule has 1 aromatic carbocycles. The zero-order chi connectivity index (χ0) is 16.2. The molecule has 0 saturated carbocycles. The van der Waals surface area contributed by atoms with Gasteiger partial charge < -0.3 is 10.6 Å². The molecule has 0 bridgehead atoms. The standard InChI is InChI=1S/C16H19N3O3S/c20-14-10-23-16(22)19(14)9-11-3-1-4-12(7-11)15(21)18-13-5-2-6-17-8-13/h1,3-4,7,13,17H,2,5-6,8-10H2,(H,18,21)/t13-/m0/s1. The Labute approximate surface area is 139 Å². The van der Waals surface area contributed by atoms with Gasteiger partial charge in [0.1, 0.15) is 0 Å². The second-order valence-corrected chi connectivity index (χ2v) is 6.68. The van der Waals surface area contributed by atoms with E-state index in [0.717, 1.165) is 43.3 Å². The molecule has 122 valence electrons. The summed E-state index contributed by atoms with van der Waals surface area (Å²) in [4.78, 5) is 36.9. The number of carbonyl (C=O) groups is 3. The Bertz CT molecular complexity index is 613. The fraction of sp³-hybridized carbons (Fsp3) is 0.438. The molecule has 3 amide bonds. The maximum Gasteiger partial charge on any atom is 0.289 e. The van der Waals surface area contributed by atoms with E-state index >= 15 is 0 Å². The van der Waals surface area contributed by atoms with E-state index in [2.05, 4.69) is 10.6 Å². The van der Waals surface area contributed by atoms with Gasteiger partial charge in [-0.1, -0.05) is 23.9 Å². The van der Waals surface area contributed by atoms with Crippen molar-refractivity contribution in [2.24, 2.45) is 0 Å². The van der Waals surface area contributed by atoms with Gasteiger partial charge in [0.2, 0.25) is 5.91 Å². The quantitative estimate of drug-likeness (QED) is 0.870. The predicted molar refractivity (Wildman–Crippen MR) is 88.2 cm³/mol. The molecule has 1 atom stereocenters. The highest BCUT2D eigenvalue weighted by atomic mass is 32.2. The van der Waals surface area contributed by atoms with Crippen LogP contribution in [0.25, 0.3) is 0 Å². The Morgan fingerprint density at radius 3 is 2.96 bits per heavy atom. The Hall–Kier alpha value is -1.86. The normalized spacial score (nSPS) is 21.6. The van der Waals surface area contributed by atoms with Gasteiger partial charge in [-0.05, 0) is 37.1 Å². The third-order valence-corrected chi connectivity index (χ3v) is 4.86. The summed E-state index contributed by atoms with van der Waals surface area (Å²) in [5, 5.41) is 6.06. The number of nitrogens with zero attached hydrogens (tertiary/aromatic N) is 1. The van der Waals surface area contributed by atoms with Crippen molar-refractivity contribution >= 4 is 28.8 Å². The summed E-state index contributed by atoms with van der Waals surface area (Å²) < 4.78 is 0. The van der Waals surface area contributed by atoms with E-state index in [4.69, 9.17) is 0 Å². The van der Waals surface area contributed by atoms with Gasteiger partial charge in [-0.25, -0.2) is 0 Å². The third-order valence-electron chi connectivity index (χ3n) is 4.00. The van der Waals surface area contributed by atoms with Crippen LogP contribution >= 0.6 is 11.8 Å². The van der Waals surface area contributed by atoms with Gasteiger partial charge in [0.15, 0.2) is 0 Å². The van der Waals surface area contributed by atoms with Crippen LogP contribution in [0.15, 0.2) is 24.3 Å². The molecule has 0 spiro atoms. The third kappa shape index (κ3) is 3.92. The number of carbonyl (C=O) groups excluding carboxylic acids is 3. The van der Waals surface area contributed by atoms with Crippen molar-refractivity contribution in [3.8, 4) is 0 Å². The van der Waals surface area contributed by atoms with Crippen LogP contribution in [-0.2, 0) is 11.3 Å². The molecule has 2 aliphatic rings. The number of nitrogens with one attached hydrogen (secondary N) is 2. The first-order chi connectivity index (χ1) is 11.1. The number of benzene rings is 1. The minimum absolute atomic E-state index is 0.117. The Morgan fingerprint density at radius 1 is 1.39 bits per heavy atom. The van der Waals surface area contributed by atoms with Crippen molar-refractivity contribution in [1.82, 2.24) is 15.5 Å². The first-order valence-electron chi connectivity index (χ1n) is 7.71. The molecule has 0 aliphatic carbocycles. The van der Waals surface area contributed by atoms with Crippen LogP contribution in [-0.4, -0.2) is 46.8 Å². The van der Waals surface area contributed by atoms with Crippen LogP contribution in [0.2, 0.25) is 0 Å². The molecule has 3 rings (SSSR count). The highest BCUT2D eigenvalue weighted by Gasteiger charge is 2.29. The molecule has 1 aromatic rings. The summed E-state index contributed by atoms with van der Waals surface area (Å²) in [6, 6.07) is 7.24. The lowest BCUT2D eigenvalue weighted by Gasteiger charge is -2.24. The zero-order valence-corrected chi connectivity index (χ0v) is 13.5. The van der Waals surface area contributed by atoms with Crippen molar-refractivity contribution in [2.45, 2.75) is 25.4 Å². The Kier molecular flexibility index (Phi) is 4.97. The van der Waals surface area contributed by atoms with Gasteiger partial charge in [-0.2, -0.15) is 0 Å². The van der Waals surface area contributed by atoms with Gasteiger partial charge in [-0.3, -0.25) is 19.3 Å². The lowest BCUT2D eigenvalue weighted by Crippen LogP contribution is -2.45. The molecular formula is C16H19N3O3S. The van der Waals surface area contributed by atoms with E-state index in [1.165, 1.54) is 4.90 Å². The van der Waals surface area contributed by atoms with Crippen LogP contribution in [0, 0.1) is 0 Å². The molecular weight excluding hydrogens is 314 g/mol. The molecule has 2 fully saturated rings. The summed E-state index contributed by atoms with van der Waals surface area (Å²) in [6.07, 6.45) is 2.04. The number of hydrogen-bond donors (Lipinski definition) is 2. The van der Waals surface area contributed by atoms with Crippen LogP contribution in [0.4, 0.5) is 4.79 Å². The van der Waals surface area contributed by atoms with E-state index in [1.54, 1.807) is 18.2 Å². The lowest BCUT2D eigenvalue weighted by atomic mass is 10.1. The average molecular weight is 333 g/mol. The molecule has 0 radical (unpaired) electrons. The minimum atomic E-state index is -0.224. The molecule has 2 heterocycles. The van der Waals surface area contributed by atoms with Crippen molar-refractivity contribution in [3.63, 3.8) is 0 Å². The molecule has 2 N–H and O–H groups in total. The zero-order valence-electron chi connectivity index (χ0n) is 12.7. The van der Waals surface area contributed by atoms with E-state index in [-0.39, 0.29) is 35.4 Å². The highest BCUT2D eigenvalue weighted by molar-refractivity contribution is 8.14. The van der Waals surface area contributed by atoms with Crippen LogP contribution in [0.1, 0.15) is 28.8 Å². The summed E-state index contributed by atoms with van der Waals surface area (Å²) in [5.41, 5.74) is 1.34. The van der Waals surface area contributed by atoms with E-state index in [9.17, 15) is 14.4 Å². The van der Waals surface area contributed by atoms with Gasteiger partial charge >= 0.3 is 0 Å². The number of rotatable bonds is 4. The fourth-order valence-electron chi connectivity index (χ4n) is 2.77. The highest BCUT2D eigenvalue weighted by Crippen LogP contribution is 2.21.